The van der Waals surface area contributed by atoms with Gasteiger partial charge < -0.3 is 5.32 Å². The Morgan fingerprint density at radius 3 is 2.92 bits per heavy atom. The van der Waals surface area contributed by atoms with Gasteiger partial charge in [0.2, 0.25) is 5.95 Å². The molecule has 2 N–H and O–H groups in total. The maximum atomic E-state index is 12.6. The number of nitrogens with one attached hydrogen (secondary N) is 2. The molecule has 7 nitrogen and oxygen atoms in total. The monoisotopic (exact) mass is 356 g/mol. The van der Waals surface area contributed by atoms with Crippen molar-refractivity contribution in [3.05, 3.63) is 34.6 Å². The van der Waals surface area contributed by atoms with Gasteiger partial charge in [0.05, 0.1) is 15.2 Å². The summed E-state index contributed by atoms with van der Waals surface area (Å²) in [5.41, 5.74) is 1.52. The average Bonchev–Trinajstić information content (AvgIpc) is 3.17. The number of hydrogen-bond donors (Lipinski definition) is 2. The van der Waals surface area contributed by atoms with Gasteiger partial charge >= 0.3 is 0 Å². The van der Waals surface area contributed by atoms with Crippen LogP contribution in [0.1, 0.15) is 39.9 Å². The normalized spacial score (nSPS) is 15.6. The molecule has 1 saturated heterocycles. The van der Waals surface area contributed by atoms with E-state index in [4.69, 9.17) is 0 Å². The van der Waals surface area contributed by atoms with Crippen LogP contribution < -0.4 is 10.6 Å². The maximum absolute atomic E-state index is 12.6. The third-order valence-electron chi connectivity index (χ3n) is 4.47. The van der Waals surface area contributed by atoms with E-state index in [0.29, 0.717) is 17.4 Å². The first kappa shape index (κ1) is 16.2. The number of piperidine rings is 1. The van der Waals surface area contributed by atoms with Gasteiger partial charge in [-0.15, -0.1) is 11.3 Å². The molecule has 130 valence electrons. The fourth-order valence-electron chi connectivity index (χ4n) is 3.12. The number of aromatic nitrogens is 4. The molecule has 0 bridgehead atoms. The molecule has 8 heteroatoms. The molecule has 1 aliphatic heterocycles. The Hall–Kier alpha value is -2.32. The summed E-state index contributed by atoms with van der Waals surface area (Å²) in [6, 6.07) is 5.55. The lowest BCUT2D eigenvalue weighted by Gasteiger charge is -2.19. The van der Waals surface area contributed by atoms with Crippen molar-refractivity contribution in [2.75, 3.05) is 18.4 Å². The van der Waals surface area contributed by atoms with E-state index in [1.807, 2.05) is 26.1 Å². The third kappa shape index (κ3) is 3.27. The maximum Gasteiger partial charge on any atom is 0.258 e. The number of carbonyl (C=O) groups is 1. The molecule has 1 aromatic carbocycles. The topological polar surface area (TPSA) is 84.7 Å². The first-order valence-corrected chi connectivity index (χ1v) is 9.22. The third-order valence-corrected chi connectivity index (χ3v) is 5.40. The summed E-state index contributed by atoms with van der Waals surface area (Å²) in [4.78, 5) is 21.6. The average molecular weight is 356 g/mol. The lowest BCUT2D eigenvalue weighted by atomic mass is 9.98. The highest BCUT2D eigenvalue weighted by atomic mass is 32.1. The number of hydrogen-bond acceptors (Lipinski definition) is 6. The Bertz CT molecular complexity index is 925. The zero-order valence-corrected chi connectivity index (χ0v) is 15.1. The second-order valence-electron chi connectivity index (χ2n) is 6.31. The van der Waals surface area contributed by atoms with Crippen LogP contribution in [0.5, 0.6) is 0 Å². The second-order valence-corrected chi connectivity index (χ2v) is 7.55. The molecule has 1 fully saturated rings. The smallest absolute Gasteiger partial charge is 0.258 e. The number of benzene rings is 1. The molecular weight excluding hydrogens is 336 g/mol. The summed E-state index contributed by atoms with van der Waals surface area (Å²) in [6.45, 7) is 3.93. The van der Waals surface area contributed by atoms with Crippen LogP contribution in [0.4, 0.5) is 5.95 Å². The summed E-state index contributed by atoms with van der Waals surface area (Å²) >= 11 is 1.59. The van der Waals surface area contributed by atoms with E-state index >= 15 is 0 Å². The number of amides is 1. The van der Waals surface area contributed by atoms with E-state index in [1.165, 1.54) is 0 Å². The molecule has 3 heterocycles. The number of thiazole rings is 1. The molecule has 0 aliphatic carbocycles. The van der Waals surface area contributed by atoms with E-state index in [1.54, 1.807) is 22.1 Å². The van der Waals surface area contributed by atoms with E-state index in [0.717, 1.165) is 47.0 Å². The largest absolute Gasteiger partial charge is 0.317 e. The van der Waals surface area contributed by atoms with Gasteiger partial charge in [0.15, 0.2) is 5.82 Å². The molecule has 0 spiro atoms. The number of aryl methyl sites for hydroxylation is 2. The van der Waals surface area contributed by atoms with Crippen molar-refractivity contribution in [1.82, 2.24) is 25.1 Å². The molecule has 4 rings (SSSR count). The summed E-state index contributed by atoms with van der Waals surface area (Å²) in [5, 5.41) is 11.7. The molecule has 0 unspecified atom stereocenters. The van der Waals surface area contributed by atoms with E-state index in [2.05, 4.69) is 25.7 Å². The van der Waals surface area contributed by atoms with Gasteiger partial charge in [-0.05, 0) is 51.1 Å². The van der Waals surface area contributed by atoms with Gasteiger partial charge in [0, 0.05) is 18.5 Å². The summed E-state index contributed by atoms with van der Waals surface area (Å²) in [7, 11) is 1.81. The van der Waals surface area contributed by atoms with Gasteiger partial charge in [-0.25, -0.2) is 9.67 Å². The highest BCUT2D eigenvalue weighted by Crippen LogP contribution is 2.25. The highest BCUT2D eigenvalue weighted by Gasteiger charge is 2.21. The van der Waals surface area contributed by atoms with Crippen molar-refractivity contribution in [1.29, 1.82) is 0 Å². The molecule has 3 aromatic rings. The van der Waals surface area contributed by atoms with Crippen molar-refractivity contribution in [3.63, 3.8) is 0 Å². The molecule has 2 aromatic heterocycles. The first-order chi connectivity index (χ1) is 12.1. The molecular formula is C17H20N6OS. The molecule has 0 saturated carbocycles. The fourth-order valence-corrected chi connectivity index (χ4v) is 3.99. The predicted molar refractivity (Wildman–Crippen MR) is 98.2 cm³/mol. The van der Waals surface area contributed by atoms with Crippen molar-refractivity contribution in [2.45, 2.75) is 25.7 Å². The van der Waals surface area contributed by atoms with Crippen LogP contribution in [0, 0.1) is 6.92 Å². The lowest BCUT2D eigenvalue weighted by Crippen LogP contribution is -2.27. The van der Waals surface area contributed by atoms with Crippen LogP contribution in [0.15, 0.2) is 18.2 Å². The highest BCUT2D eigenvalue weighted by molar-refractivity contribution is 7.18. The Morgan fingerprint density at radius 1 is 1.32 bits per heavy atom. The minimum absolute atomic E-state index is 0.180. The van der Waals surface area contributed by atoms with Crippen LogP contribution in [0.3, 0.4) is 0 Å². The summed E-state index contributed by atoms with van der Waals surface area (Å²) < 4.78 is 2.66. The van der Waals surface area contributed by atoms with Gasteiger partial charge in [0.25, 0.3) is 5.91 Å². The number of rotatable bonds is 3. The Balaban J connectivity index is 1.54. The fraction of sp³-hybridized carbons (Fsp3) is 0.412. The van der Waals surface area contributed by atoms with E-state index < -0.39 is 0 Å². The zero-order chi connectivity index (χ0) is 17.4. The Labute approximate surface area is 149 Å². The van der Waals surface area contributed by atoms with Crippen molar-refractivity contribution < 1.29 is 4.79 Å². The van der Waals surface area contributed by atoms with Gasteiger partial charge in [-0.3, -0.25) is 10.1 Å². The number of fused-ring (bicyclic) bond motifs is 1. The van der Waals surface area contributed by atoms with Crippen LogP contribution in [-0.4, -0.2) is 38.7 Å². The van der Waals surface area contributed by atoms with E-state index in [9.17, 15) is 4.79 Å². The summed E-state index contributed by atoms with van der Waals surface area (Å²) in [6.07, 6.45) is 2.05. The zero-order valence-electron chi connectivity index (χ0n) is 14.2. The van der Waals surface area contributed by atoms with Crippen LogP contribution in [0.25, 0.3) is 10.2 Å². The number of nitrogens with zero attached hydrogens (tertiary/aromatic N) is 4. The lowest BCUT2D eigenvalue weighted by molar-refractivity contribution is 0.102. The van der Waals surface area contributed by atoms with Crippen LogP contribution >= 0.6 is 11.3 Å². The van der Waals surface area contributed by atoms with Crippen molar-refractivity contribution in [3.8, 4) is 0 Å². The predicted octanol–water partition coefficient (Wildman–Crippen LogP) is 2.45. The second kappa shape index (κ2) is 6.53. The molecule has 1 amide bonds. The van der Waals surface area contributed by atoms with E-state index in [-0.39, 0.29) is 5.91 Å². The first-order valence-electron chi connectivity index (χ1n) is 8.40. The Kier molecular flexibility index (Phi) is 4.22. The molecule has 1 aliphatic rings. The summed E-state index contributed by atoms with van der Waals surface area (Å²) in [5.74, 6) is 1.47. The van der Waals surface area contributed by atoms with Gasteiger partial charge in [-0.2, -0.15) is 10.1 Å². The number of anilines is 1. The van der Waals surface area contributed by atoms with Gasteiger partial charge in [-0.1, -0.05) is 0 Å². The molecule has 0 radical (unpaired) electrons. The van der Waals surface area contributed by atoms with Crippen LogP contribution in [0.2, 0.25) is 0 Å². The standard InChI is InChI=1S/C17H20N6OS/c1-10-19-13-4-3-12(9-14(13)25-10)16(24)21-17-20-15(22-23(17)2)11-5-7-18-8-6-11/h3-4,9,11,18H,5-8H2,1-2H3,(H,20,21,22,24). The minimum atomic E-state index is -0.180. The van der Waals surface area contributed by atoms with Crippen molar-refractivity contribution in [2.24, 2.45) is 7.05 Å². The van der Waals surface area contributed by atoms with Gasteiger partial charge in [0.1, 0.15) is 0 Å². The molecule has 0 atom stereocenters. The quantitative estimate of drug-likeness (QED) is 0.753. The minimum Gasteiger partial charge on any atom is -0.317 e. The molecule has 25 heavy (non-hydrogen) atoms. The Morgan fingerprint density at radius 2 is 2.12 bits per heavy atom. The SMILES string of the molecule is Cc1nc2ccc(C(=O)Nc3nc(C4CCNCC4)nn3C)cc2s1. The van der Waals surface area contributed by atoms with Crippen molar-refractivity contribution >= 4 is 33.4 Å². The number of carbonyl (C=O) groups excluding carboxylic acids is 1. The van der Waals surface area contributed by atoms with Crippen LogP contribution in [-0.2, 0) is 7.05 Å².